The van der Waals surface area contributed by atoms with E-state index in [2.05, 4.69) is 55.3 Å². The van der Waals surface area contributed by atoms with Crippen LogP contribution in [-0.4, -0.2) is 18.5 Å². The molecule has 1 heteroatoms. The van der Waals surface area contributed by atoms with Gasteiger partial charge in [0, 0.05) is 6.54 Å². The molecule has 0 unspecified atom stereocenters. The first-order chi connectivity index (χ1) is 7.26. The predicted molar refractivity (Wildman–Crippen MR) is 67.8 cm³/mol. The van der Waals surface area contributed by atoms with Crippen LogP contribution in [0.25, 0.3) is 6.08 Å². The predicted octanol–water partition coefficient (Wildman–Crippen LogP) is 3.56. The molecule has 0 radical (unpaired) electrons. The molecule has 1 nitrogen and oxygen atoms in total. The number of nitrogens with zero attached hydrogens (tertiary/aromatic N) is 1. The Morgan fingerprint density at radius 1 is 1.20 bits per heavy atom. The topological polar surface area (TPSA) is 3.24 Å². The van der Waals surface area contributed by atoms with Crippen molar-refractivity contribution in [1.29, 1.82) is 0 Å². The van der Waals surface area contributed by atoms with Crippen molar-refractivity contribution in [3.05, 3.63) is 41.5 Å². The molecule has 0 N–H and O–H groups in total. The van der Waals surface area contributed by atoms with Gasteiger partial charge in [-0.15, -0.1) is 0 Å². The minimum absolute atomic E-state index is 1.05. The number of hydrogen-bond acceptors (Lipinski definition) is 1. The third kappa shape index (κ3) is 4.30. The molecular formula is C14H21N. The van der Waals surface area contributed by atoms with E-state index in [1.807, 2.05) is 6.92 Å². The van der Waals surface area contributed by atoms with Crippen molar-refractivity contribution in [3.8, 4) is 0 Å². The fraction of sp³-hybridized carbons (Fsp3) is 0.429. The zero-order valence-electron chi connectivity index (χ0n) is 10.0. The summed E-state index contributed by atoms with van der Waals surface area (Å²) in [6, 6.07) is 8.77. The van der Waals surface area contributed by atoms with Crippen molar-refractivity contribution in [1.82, 2.24) is 4.90 Å². The molecule has 0 atom stereocenters. The van der Waals surface area contributed by atoms with Crippen LogP contribution < -0.4 is 0 Å². The van der Waals surface area contributed by atoms with Crippen molar-refractivity contribution >= 4 is 6.08 Å². The second kappa shape index (κ2) is 6.41. The molecule has 0 aliphatic heterocycles. The highest BCUT2D eigenvalue weighted by Crippen LogP contribution is 2.08. The molecule has 0 heterocycles. The molecular weight excluding hydrogens is 182 g/mol. The van der Waals surface area contributed by atoms with Gasteiger partial charge in [0.25, 0.3) is 0 Å². The van der Waals surface area contributed by atoms with E-state index in [1.54, 1.807) is 0 Å². The first-order valence-corrected chi connectivity index (χ1v) is 5.66. The van der Waals surface area contributed by atoms with Gasteiger partial charge in [0.1, 0.15) is 0 Å². The van der Waals surface area contributed by atoms with Gasteiger partial charge in [-0.05, 0) is 38.1 Å². The Hall–Kier alpha value is -1.08. The molecule has 1 rings (SSSR count). The van der Waals surface area contributed by atoms with Crippen LogP contribution in [0.1, 0.15) is 31.4 Å². The largest absolute Gasteiger partial charge is 0.302 e. The monoisotopic (exact) mass is 203 g/mol. The Morgan fingerprint density at radius 2 is 1.87 bits per heavy atom. The maximum absolute atomic E-state index is 2.35. The van der Waals surface area contributed by atoms with E-state index in [-0.39, 0.29) is 0 Å². The minimum Gasteiger partial charge on any atom is -0.302 e. The summed E-state index contributed by atoms with van der Waals surface area (Å²) in [4.78, 5) is 2.35. The van der Waals surface area contributed by atoms with Crippen molar-refractivity contribution < 1.29 is 0 Å². The van der Waals surface area contributed by atoms with Crippen LogP contribution in [0.4, 0.5) is 0 Å². The van der Waals surface area contributed by atoms with Crippen LogP contribution in [0, 0.1) is 0 Å². The van der Waals surface area contributed by atoms with Crippen LogP contribution in [0.3, 0.4) is 0 Å². The molecule has 0 spiro atoms. The van der Waals surface area contributed by atoms with E-state index in [0.717, 1.165) is 13.1 Å². The van der Waals surface area contributed by atoms with Crippen LogP contribution in [0.2, 0.25) is 0 Å². The average Bonchev–Trinajstić information content (AvgIpc) is 2.22. The Labute approximate surface area is 93.4 Å². The zero-order valence-corrected chi connectivity index (χ0v) is 10.0. The second-order valence-electron chi connectivity index (χ2n) is 3.98. The summed E-state index contributed by atoms with van der Waals surface area (Å²) in [5.41, 5.74) is 2.67. The second-order valence-corrected chi connectivity index (χ2v) is 3.98. The van der Waals surface area contributed by atoms with Crippen LogP contribution in [-0.2, 0) is 6.54 Å². The van der Waals surface area contributed by atoms with Gasteiger partial charge in [0.05, 0.1) is 0 Å². The first kappa shape index (κ1) is 12.0. The van der Waals surface area contributed by atoms with Gasteiger partial charge in [-0.3, -0.25) is 0 Å². The summed E-state index contributed by atoms with van der Waals surface area (Å²) in [5, 5.41) is 0. The molecule has 1 aromatic rings. The van der Waals surface area contributed by atoms with E-state index in [9.17, 15) is 0 Å². The third-order valence-electron chi connectivity index (χ3n) is 2.40. The Kier molecular flexibility index (Phi) is 5.13. The van der Waals surface area contributed by atoms with E-state index < -0.39 is 0 Å². The molecule has 0 saturated heterocycles. The van der Waals surface area contributed by atoms with Crippen molar-refractivity contribution in [2.24, 2.45) is 0 Å². The van der Waals surface area contributed by atoms with Crippen LogP contribution in [0.5, 0.6) is 0 Å². The van der Waals surface area contributed by atoms with Gasteiger partial charge >= 0.3 is 0 Å². The molecule has 0 saturated carbocycles. The first-order valence-electron chi connectivity index (χ1n) is 5.66. The lowest BCUT2D eigenvalue weighted by atomic mass is 10.1. The molecule has 0 aliphatic rings. The SMILES string of the molecule is CC=Cc1ccc(CN(C)CCC)cc1. The highest BCUT2D eigenvalue weighted by atomic mass is 15.1. The zero-order chi connectivity index (χ0) is 11.1. The van der Waals surface area contributed by atoms with Crippen LogP contribution in [0.15, 0.2) is 30.3 Å². The number of allylic oxidation sites excluding steroid dienone is 1. The number of hydrogen-bond donors (Lipinski definition) is 0. The van der Waals surface area contributed by atoms with Gasteiger partial charge in [0.15, 0.2) is 0 Å². The fourth-order valence-corrected chi connectivity index (χ4v) is 1.70. The van der Waals surface area contributed by atoms with Crippen molar-refractivity contribution in [2.75, 3.05) is 13.6 Å². The lowest BCUT2D eigenvalue weighted by Crippen LogP contribution is -2.18. The molecule has 0 aromatic heterocycles. The molecule has 0 amide bonds. The van der Waals surface area contributed by atoms with E-state index in [0.29, 0.717) is 0 Å². The number of benzene rings is 1. The van der Waals surface area contributed by atoms with Gasteiger partial charge in [-0.2, -0.15) is 0 Å². The van der Waals surface area contributed by atoms with E-state index >= 15 is 0 Å². The molecule has 15 heavy (non-hydrogen) atoms. The van der Waals surface area contributed by atoms with Crippen molar-refractivity contribution in [3.63, 3.8) is 0 Å². The maximum Gasteiger partial charge on any atom is 0.0230 e. The lowest BCUT2D eigenvalue weighted by molar-refractivity contribution is 0.327. The summed E-state index contributed by atoms with van der Waals surface area (Å²) in [6.45, 7) is 6.47. The smallest absolute Gasteiger partial charge is 0.0230 e. The standard InChI is InChI=1S/C14H21N/c1-4-6-13-7-9-14(10-8-13)12-15(3)11-5-2/h4,6-10H,5,11-12H2,1-3H3. The highest BCUT2D eigenvalue weighted by molar-refractivity contribution is 5.49. The van der Waals surface area contributed by atoms with Crippen LogP contribution >= 0.6 is 0 Å². The summed E-state index contributed by atoms with van der Waals surface area (Å²) in [6.07, 6.45) is 5.41. The minimum atomic E-state index is 1.05. The molecule has 0 aliphatic carbocycles. The van der Waals surface area contributed by atoms with Gasteiger partial charge in [-0.25, -0.2) is 0 Å². The average molecular weight is 203 g/mol. The van der Waals surface area contributed by atoms with Gasteiger partial charge < -0.3 is 4.90 Å². The van der Waals surface area contributed by atoms with Gasteiger partial charge in [0.2, 0.25) is 0 Å². The Morgan fingerprint density at radius 3 is 2.40 bits per heavy atom. The Balaban J connectivity index is 2.56. The Bertz CT molecular complexity index is 298. The highest BCUT2D eigenvalue weighted by Gasteiger charge is 1.98. The lowest BCUT2D eigenvalue weighted by Gasteiger charge is -2.15. The summed E-state index contributed by atoms with van der Waals surface area (Å²) in [5.74, 6) is 0. The number of rotatable bonds is 5. The fourth-order valence-electron chi connectivity index (χ4n) is 1.70. The van der Waals surface area contributed by atoms with Gasteiger partial charge in [-0.1, -0.05) is 43.3 Å². The summed E-state index contributed by atoms with van der Waals surface area (Å²) >= 11 is 0. The summed E-state index contributed by atoms with van der Waals surface area (Å²) < 4.78 is 0. The normalized spacial score (nSPS) is 11.5. The summed E-state index contributed by atoms with van der Waals surface area (Å²) in [7, 11) is 2.17. The van der Waals surface area contributed by atoms with E-state index in [1.165, 1.54) is 17.5 Å². The molecule has 82 valence electrons. The molecule has 0 fully saturated rings. The molecule has 0 bridgehead atoms. The maximum atomic E-state index is 2.35. The van der Waals surface area contributed by atoms with Crippen molar-refractivity contribution in [2.45, 2.75) is 26.8 Å². The van der Waals surface area contributed by atoms with E-state index in [4.69, 9.17) is 0 Å². The third-order valence-corrected chi connectivity index (χ3v) is 2.40. The molecule has 1 aromatic carbocycles. The quantitative estimate of drug-likeness (QED) is 0.707.